The number of fused-ring (bicyclic) bond motifs is 1. The van der Waals surface area contributed by atoms with Gasteiger partial charge in [0.2, 0.25) is 5.91 Å². The molecule has 2 heterocycles. The molecule has 0 spiro atoms. The Hall–Kier alpha value is -1.79. The minimum atomic E-state index is -0.0437. The third-order valence-corrected chi connectivity index (χ3v) is 4.25. The van der Waals surface area contributed by atoms with Crippen molar-refractivity contribution in [2.75, 3.05) is 46.6 Å². The van der Waals surface area contributed by atoms with Crippen LogP contribution in [-0.4, -0.2) is 57.4 Å². The van der Waals surface area contributed by atoms with Gasteiger partial charge >= 0.3 is 0 Å². The Bertz CT molecular complexity index is 549. The first-order valence-corrected chi connectivity index (χ1v) is 8.11. The summed E-state index contributed by atoms with van der Waals surface area (Å²) in [7, 11) is 1.53. The number of nitrogens with zero attached hydrogens (tertiary/aromatic N) is 1. The molecule has 0 bridgehead atoms. The molecule has 1 fully saturated rings. The fourth-order valence-corrected chi connectivity index (χ4v) is 3.11. The maximum atomic E-state index is 11.4. The van der Waals surface area contributed by atoms with E-state index in [1.807, 2.05) is 6.07 Å². The number of rotatable bonds is 6. The number of methoxy groups -OCH3 is 1. The molecule has 0 unspecified atom stereocenters. The summed E-state index contributed by atoms with van der Waals surface area (Å²) in [6.07, 6.45) is 1.11. The minimum Gasteiger partial charge on any atom is -0.486 e. The zero-order valence-electron chi connectivity index (χ0n) is 13.5. The Morgan fingerprint density at radius 3 is 3.00 bits per heavy atom. The molecule has 1 aromatic rings. The highest BCUT2D eigenvalue weighted by molar-refractivity contribution is 5.77. The predicted molar refractivity (Wildman–Crippen MR) is 85.7 cm³/mol. The topological polar surface area (TPSA) is 60.0 Å². The molecule has 0 aromatic heterocycles. The lowest BCUT2D eigenvalue weighted by Gasteiger charge is -2.21. The average molecular weight is 320 g/mol. The van der Waals surface area contributed by atoms with Crippen LogP contribution >= 0.6 is 0 Å². The molecule has 1 aromatic carbocycles. The summed E-state index contributed by atoms with van der Waals surface area (Å²) in [4.78, 5) is 13.8. The van der Waals surface area contributed by atoms with Crippen molar-refractivity contribution in [1.29, 1.82) is 0 Å². The number of hydrogen-bond acceptors (Lipinski definition) is 5. The van der Waals surface area contributed by atoms with Crippen LogP contribution in [0.4, 0.5) is 0 Å². The highest BCUT2D eigenvalue weighted by Crippen LogP contribution is 2.31. The van der Waals surface area contributed by atoms with Crippen LogP contribution in [0.2, 0.25) is 0 Å². The van der Waals surface area contributed by atoms with Gasteiger partial charge in [0.15, 0.2) is 11.5 Å². The van der Waals surface area contributed by atoms with Crippen LogP contribution < -0.4 is 14.8 Å². The third kappa shape index (κ3) is 4.36. The normalized spacial score (nSPS) is 20.5. The molecule has 1 N–H and O–H groups in total. The largest absolute Gasteiger partial charge is 0.486 e. The van der Waals surface area contributed by atoms with Crippen molar-refractivity contribution in [3.63, 3.8) is 0 Å². The summed E-state index contributed by atoms with van der Waals surface area (Å²) in [5, 5.41) is 2.92. The second kappa shape index (κ2) is 7.66. The smallest absolute Gasteiger partial charge is 0.245 e. The van der Waals surface area contributed by atoms with Crippen LogP contribution in [0.5, 0.6) is 11.5 Å². The molecule has 2 aliphatic rings. The van der Waals surface area contributed by atoms with Gasteiger partial charge in [-0.3, -0.25) is 9.69 Å². The third-order valence-electron chi connectivity index (χ3n) is 4.25. The Morgan fingerprint density at radius 2 is 2.17 bits per heavy atom. The fourth-order valence-electron chi connectivity index (χ4n) is 3.11. The monoisotopic (exact) mass is 320 g/mol. The number of nitrogens with one attached hydrogen (secondary N) is 1. The van der Waals surface area contributed by atoms with Gasteiger partial charge in [0, 0.05) is 26.7 Å². The van der Waals surface area contributed by atoms with E-state index < -0.39 is 0 Å². The highest BCUT2D eigenvalue weighted by atomic mass is 16.6. The van der Waals surface area contributed by atoms with Crippen LogP contribution in [0.15, 0.2) is 18.2 Å². The van der Waals surface area contributed by atoms with E-state index in [-0.39, 0.29) is 12.5 Å². The molecule has 6 heteroatoms. The number of amides is 1. The fraction of sp³-hybridized carbons (Fsp3) is 0.588. The van der Waals surface area contributed by atoms with E-state index in [1.165, 1.54) is 12.7 Å². The Kier molecular flexibility index (Phi) is 5.35. The molecule has 0 aliphatic carbocycles. The van der Waals surface area contributed by atoms with E-state index in [0.29, 0.717) is 19.1 Å². The van der Waals surface area contributed by atoms with Gasteiger partial charge in [-0.15, -0.1) is 0 Å². The van der Waals surface area contributed by atoms with Crippen LogP contribution in [-0.2, 0) is 16.1 Å². The average Bonchev–Trinajstić information content (AvgIpc) is 3.01. The molecule has 0 radical (unpaired) electrons. The van der Waals surface area contributed by atoms with E-state index in [1.54, 1.807) is 0 Å². The molecule has 2 aliphatic heterocycles. The number of carbonyl (C=O) groups is 1. The van der Waals surface area contributed by atoms with Crippen LogP contribution in [0.25, 0.3) is 0 Å². The van der Waals surface area contributed by atoms with Gasteiger partial charge in [0.1, 0.15) is 19.8 Å². The van der Waals surface area contributed by atoms with Crippen molar-refractivity contribution in [1.82, 2.24) is 10.2 Å². The second-order valence-corrected chi connectivity index (χ2v) is 6.10. The van der Waals surface area contributed by atoms with E-state index in [9.17, 15) is 4.79 Å². The van der Waals surface area contributed by atoms with Gasteiger partial charge in [0.05, 0.1) is 0 Å². The van der Waals surface area contributed by atoms with Gasteiger partial charge < -0.3 is 19.5 Å². The second-order valence-electron chi connectivity index (χ2n) is 6.10. The van der Waals surface area contributed by atoms with Crippen molar-refractivity contribution >= 4 is 5.91 Å². The number of ether oxygens (including phenoxy) is 3. The lowest BCUT2D eigenvalue weighted by atomic mass is 10.1. The first-order valence-electron chi connectivity index (χ1n) is 8.11. The van der Waals surface area contributed by atoms with Gasteiger partial charge in [-0.2, -0.15) is 0 Å². The number of carbonyl (C=O) groups excluding carboxylic acids is 1. The van der Waals surface area contributed by atoms with Crippen molar-refractivity contribution in [2.45, 2.75) is 13.0 Å². The Balaban J connectivity index is 1.47. The molecule has 1 amide bonds. The van der Waals surface area contributed by atoms with Crippen molar-refractivity contribution in [3.05, 3.63) is 23.8 Å². The molecule has 126 valence electrons. The molecule has 3 rings (SSSR count). The van der Waals surface area contributed by atoms with Crippen LogP contribution in [0.3, 0.4) is 0 Å². The highest BCUT2D eigenvalue weighted by Gasteiger charge is 2.23. The van der Waals surface area contributed by atoms with Gasteiger partial charge in [-0.1, -0.05) is 6.07 Å². The van der Waals surface area contributed by atoms with E-state index >= 15 is 0 Å². The van der Waals surface area contributed by atoms with Crippen LogP contribution in [0, 0.1) is 5.92 Å². The molecule has 23 heavy (non-hydrogen) atoms. The molecule has 1 atom stereocenters. The minimum absolute atomic E-state index is 0.0437. The van der Waals surface area contributed by atoms with E-state index in [0.717, 1.165) is 44.1 Å². The molecule has 6 nitrogen and oxygen atoms in total. The van der Waals surface area contributed by atoms with E-state index in [2.05, 4.69) is 22.3 Å². The van der Waals surface area contributed by atoms with Gasteiger partial charge in [-0.05, 0) is 36.6 Å². The SMILES string of the molecule is COCC(=O)NC[C@H]1CCN(Cc2ccc3c(c2)OCCO3)C1. The lowest BCUT2D eigenvalue weighted by molar-refractivity contribution is -0.124. The van der Waals surface area contributed by atoms with Crippen molar-refractivity contribution < 1.29 is 19.0 Å². The van der Waals surface area contributed by atoms with Crippen molar-refractivity contribution in [2.24, 2.45) is 5.92 Å². The summed E-state index contributed by atoms with van der Waals surface area (Å²) >= 11 is 0. The lowest BCUT2D eigenvalue weighted by Crippen LogP contribution is -2.33. The summed E-state index contributed by atoms with van der Waals surface area (Å²) in [5.74, 6) is 2.14. The van der Waals surface area contributed by atoms with Gasteiger partial charge in [0.25, 0.3) is 0 Å². The zero-order chi connectivity index (χ0) is 16.1. The summed E-state index contributed by atoms with van der Waals surface area (Å²) in [6.45, 7) is 5.05. The summed E-state index contributed by atoms with van der Waals surface area (Å²) < 4.78 is 16.0. The Labute approximate surface area is 136 Å². The molecular weight excluding hydrogens is 296 g/mol. The quantitative estimate of drug-likeness (QED) is 0.849. The van der Waals surface area contributed by atoms with E-state index in [4.69, 9.17) is 14.2 Å². The maximum Gasteiger partial charge on any atom is 0.245 e. The molecule has 1 saturated heterocycles. The predicted octanol–water partition coefficient (Wildman–Crippen LogP) is 1.04. The molecular formula is C17H24N2O4. The summed E-state index contributed by atoms with van der Waals surface area (Å²) in [5.41, 5.74) is 1.23. The maximum absolute atomic E-state index is 11.4. The standard InChI is InChI=1S/C17H24N2O4/c1-21-12-17(20)18-9-14-4-5-19(11-14)10-13-2-3-15-16(8-13)23-7-6-22-15/h2-3,8,14H,4-7,9-12H2,1H3,(H,18,20)/t14-/m1/s1. The van der Waals surface area contributed by atoms with Crippen LogP contribution in [0.1, 0.15) is 12.0 Å². The summed E-state index contributed by atoms with van der Waals surface area (Å²) in [6, 6.07) is 6.16. The molecule has 0 saturated carbocycles. The Morgan fingerprint density at radius 1 is 1.35 bits per heavy atom. The first-order chi connectivity index (χ1) is 11.2. The zero-order valence-corrected chi connectivity index (χ0v) is 13.5. The number of likely N-dealkylation sites (tertiary alicyclic amines) is 1. The van der Waals surface area contributed by atoms with Crippen molar-refractivity contribution in [3.8, 4) is 11.5 Å². The first kappa shape index (κ1) is 16.1. The number of hydrogen-bond donors (Lipinski definition) is 1. The number of benzene rings is 1. The van der Waals surface area contributed by atoms with Gasteiger partial charge in [-0.25, -0.2) is 0 Å².